The first-order chi connectivity index (χ1) is 17.2. The molecular formula is C24H22Cl2N4O5S. The fraction of sp³-hybridized carbons (Fsp3) is 0.292. The molecule has 4 rings (SSSR count). The number of hydrogen-bond donors (Lipinski definition) is 1. The summed E-state index contributed by atoms with van der Waals surface area (Å²) in [6, 6.07) is 9.31. The van der Waals surface area contributed by atoms with E-state index >= 15 is 0 Å². The van der Waals surface area contributed by atoms with Crippen molar-refractivity contribution in [2.24, 2.45) is 5.92 Å². The van der Waals surface area contributed by atoms with Crippen LogP contribution in [-0.2, 0) is 9.53 Å². The molecule has 0 saturated carbocycles. The predicted molar refractivity (Wildman–Crippen MR) is 140 cm³/mol. The van der Waals surface area contributed by atoms with Gasteiger partial charge in [0.2, 0.25) is 0 Å². The Balaban J connectivity index is 1.37. The SMILES string of the molecule is C[C@H]1CCCN(c2ccc(C(=O)OCC(=O)Nc3nc(-c4ccc(Cl)c(Cl)c4)cs3)cc2[N+](=O)[O-])C1. The Morgan fingerprint density at radius 3 is 2.78 bits per heavy atom. The van der Waals surface area contributed by atoms with Crippen molar-refractivity contribution < 1.29 is 19.2 Å². The number of hydrogen-bond acceptors (Lipinski definition) is 8. The molecule has 1 fully saturated rings. The molecule has 1 amide bonds. The summed E-state index contributed by atoms with van der Waals surface area (Å²) in [6.45, 7) is 2.97. The Morgan fingerprint density at radius 2 is 2.06 bits per heavy atom. The van der Waals surface area contributed by atoms with Gasteiger partial charge in [-0.3, -0.25) is 20.2 Å². The number of nitro benzene ring substituents is 1. The van der Waals surface area contributed by atoms with Gasteiger partial charge in [0, 0.05) is 30.1 Å². The zero-order valence-corrected chi connectivity index (χ0v) is 21.5. The van der Waals surface area contributed by atoms with Crippen LogP contribution < -0.4 is 10.2 Å². The molecule has 1 atom stereocenters. The zero-order chi connectivity index (χ0) is 25.8. The molecule has 1 N–H and O–H groups in total. The molecule has 12 heteroatoms. The van der Waals surface area contributed by atoms with Gasteiger partial charge in [0.15, 0.2) is 11.7 Å². The number of carbonyl (C=O) groups excluding carboxylic acids is 2. The van der Waals surface area contributed by atoms with Crippen LogP contribution in [0.1, 0.15) is 30.1 Å². The fourth-order valence-electron chi connectivity index (χ4n) is 3.96. The molecule has 0 spiro atoms. The predicted octanol–water partition coefficient (Wildman–Crippen LogP) is 6.06. The van der Waals surface area contributed by atoms with E-state index in [0.29, 0.717) is 39.0 Å². The van der Waals surface area contributed by atoms with Gasteiger partial charge in [-0.15, -0.1) is 11.3 Å². The quantitative estimate of drug-likeness (QED) is 0.217. The number of piperidine rings is 1. The largest absolute Gasteiger partial charge is 0.452 e. The van der Waals surface area contributed by atoms with Crippen LogP contribution in [0.4, 0.5) is 16.5 Å². The lowest BCUT2D eigenvalue weighted by Gasteiger charge is -2.32. The Kier molecular flexibility index (Phi) is 8.07. The maximum Gasteiger partial charge on any atom is 0.338 e. The van der Waals surface area contributed by atoms with Crippen LogP contribution in [0.25, 0.3) is 11.3 Å². The van der Waals surface area contributed by atoms with Gasteiger partial charge in [0.05, 0.1) is 26.2 Å². The van der Waals surface area contributed by atoms with Gasteiger partial charge >= 0.3 is 5.97 Å². The van der Waals surface area contributed by atoms with Gasteiger partial charge in [-0.25, -0.2) is 9.78 Å². The number of carbonyl (C=O) groups is 2. The average Bonchev–Trinajstić information content (AvgIpc) is 3.32. The van der Waals surface area contributed by atoms with Crippen molar-refractivity contribution in [2.45, 2.75) is 19.8 Å². The standard InChI is InChI=1S/C24H22Cl2N4O5S/c1-14-3-2-8-29(11-14)20-7-5-16(10-21(20)30(33)34)23(32)35-12-22(31)28-24-27-19(13-36-24)15-4-6-17(25)18(26)9-15/h4-7,9-10,13-14H,2-3,8,11-12H2,1H3,(H,27,28,31)/t14-/m0/s1. The van der Waals surface area contributed by atoms with E-state index < -0.39 is 23.4 Å². The third-order valence-corrected chi connectivity index (χ3v) is 7.20. The highest BCUT2D eigenvalue weighted by Gasteiger charge is 2.25. The molecular weight excluding hydrogens is 527 g/mol. The lowest BCUT2D eigenvalue weighted by molar-refractivity contribution is -0.384. The lowest BCUT2D eigenvalue weighted by atomic mass is 9.99. The summed E-state index contributed by atoms with van der Waals surface area (Å²) in [5.41, 5.74) is 1.64. The highest BCUT2D eigenvalue weighted by molar-refractivity contribution is 7.14. The number of amides is 1. The highest BCUT2D eigenvalue weighted by Crippen LogP contribution is 2.33. The molecule has 1 aromatic heterocycles. The van der Waals surface area contributed by atoms with Gasteiger partial charge in [-0.05, 0) is 43.0 Å². The smallest absolute Gasteiger partial charge is 0.338 e. The van der Waals surface area contributed by atoms with Crippen LogP contribution in [0.15, 0.2) is 41.8 Å². The summed E-state index contributed by atoms with van der Waals surface area (Å²) in [5, 5.41) is 17.1. The molecule has 0 unspecified atom stereocenters. The first kappa shape index (κ1) is 25.9. The second-order valence-corrected chi connectivity index (χ2v) is 10.1. The molecule has 0 aliphatic carbocycles. The number of nitrogens with zero attached hydrogens (tertiary/aromatic N) is 3. The summed E-state index contributed by atoms with van der Waals surface area (Å²) < 4.78 is 5.08. The van der Waals surface area contributed by atoms with E-state index in [1.165, 1.54) is 23.5 Å². The van der Waals surface area contributed by atoms with Crippen molar-refractivity contribution in [2.75, 3.05) is 29.9 Å². The number of aromatic nitrogens is 1. The van der Waals surface area contributed by atoms with E-state index in [1.807, 2.05) is 4.90 Å². The first-order valence-corrected chi connectivity index (χ1v) is 12.8. The van der Waals surface area contributed by atoms with Gasteiger partial charge < -0.3 is 9.64 Å². The van der Waals surface area contributed by atoms with Gasteiger partial charge in [-0.1, -0.05) is 36.2 Å². The van der Waals surface area contributed by atoms with Crippen LogP contribution in [0, 0.1) is 16.0 Å². The average molecular weight is 549 g/mol. The summed E-state index contributed by atoms with van der Waals surface area (Å²) in [4.78, 5) is 42.2. The Bertz CT molecular complexity index is 1320. The third-order valence-electron chi connectivity index (χ3n) is 5.71. The summed E-state index contributed by atoms with van der Waals surface area (Å²) in [5.74, 6) is -0.992. The number of thiazole rings is 1. The topological polar surface area (TPSA) is 115 Å². The number of esters is 1. The monoisotopic (exact) mass is 548 g/mol. The molecule has 188 valence electrons. The van der Waals surface area contributed by atoms with E-state index in [9.17, 15) is 19.7 Å². The molecule has 2 aromatic carbocycles. The molecule has 3 aromatic rings. The van der Waals surface area contributed by atoms with Crippen molar-refractivity contribution in [1.82, 2.24) is 4.98 Å². The molecule has 0 bridgehead atoms. The van der Waals surface area contributed by atoms with Crippen molar-refractivity contribution in [3.8, 4) is 11.3 Å². The van der Waals surface area contributed by atoms with E-state index in [-0.39, 0.29) is 11.3 Å². The third kappa shape index (κ3) is 6.13. The minimum atomic E-state index is -0.831. The first-order valence-electron chi connectivity index (χ1n) is 11.1. The van der Waals surface area contributed by atoms with Gasteiger partial charge in [-0.2, -0.15) is 0 Å². The number of rotatable bonds is 7. The second kappa shape index (κ2) is 11.2. The Hall–Kier alpha value is -3.21. The van der Waals surface area contributed by atoms with E-state index in [1.54, 1.807) is 29.6 Å². The van der Waals surface area contributed by atoms with Crippen LogP contribution in [-0.4, -0.2) is 41.5 Å². The summed E-state index contributed by atoms with van der Waals surface area (Å²) >= 11 is 13.2. The van der Waals surface area contributed by atoms with Crippen molar-refractivity contribution in [1.29, 1.82) is 0 Å². The second-order valence-electron chi connectivity index (χ2n) is 8.45. The summed E-state index contributed by atoms with van der Waals surface area (Å²) in [7, 11) is 0. The van der Waals surface area contributed by atoms with E-state index in [2.05, 4.69) is 17.2 Å². The summed E-state index contributed by atoms with van der Waals surface area (Å²) in [6.07, 6.45) is 2.03. The maximum absolute atomic E-state index is 12.5. The molecule has 1 aliphatic rings. The van der Waals surface area contributed by atoms with Gasteiger partial charge in [0.25, 0.3) is 11.6 Å². The van der Waals surface area contributed by atoms with Crippen molar-refractivity contribution >= 4 is 62.9 Å². The number of ether oxygens (including phenoxy) is 1. The molecule has 1 saturated heterocycles. The molecule has 0 radical (unpaired) electrons. The van der Waals surface area contributed by atoms with E-state index in [4.69, 9.17) is 27.9 Å². The number of benzene rings is 2. The number of nitrogens with one attached hydrogen (secondary N) is 1. The highest BCUT2D eigenvalue weighted by atomic mass is 35.5. The molecule has 36 heavy (non-hydrogen) atoms. The van der Waals surface area contributed by atoms with Crippen LogP contribution in [0.3, 0.4) is 0 Å². The number of halogens is 2. The molecule has 2 heterocycles. The molecule has 9 nitrogen and oxygen atoms in total. The van der Waals surface area contributed by atoms with Crippen molar-refractivity contribution in [3.05, 3.63) is 67.5 Å². The minimum absolute atomic E-state index is 0.000500. The Labute approximate surface area is 221 Å². The van der Waals surface area contributed by atoms with Crippen molar-refractivity contribution in [3.63, 3.8) is 0 Å². The molecule has 1 aliphatic heterocycles. The fourth-order valence-corrected chi connectivity index (χ4v) is 5.00. The number of anilines is 2. The van der Waals surface area contributed by atoms with Crippen LogP contribution in [0.5, 0.6) is 0 Å². The van der Waals surface area contributed by atoms with Gasteiger partial charge in [0.1, 0.15) is 5.69 Å². The van der Waals surface area contributed by atoms with Crippen LogP contribution in [0.2, 0.25) is 10.0 Å². The zero-order valence-electron chi connectivity index (χ0n) is 19.2. The lowest BCUT2D eigenvalue weighted by Crippen LogP contribution is -2.34. The normalized spacial score (nSPS) is 15.4. The maximum atomic E-state index is 12.5. The van der Waals surface area contributed by atoms with E-state index in [0.717, 1.165) is 24.9 Å². The van der Waals surface area contributed by atoms with Crippen LogP contribution >= 0.6 is 34.5 Å². The number of nitro groups is 1. The minimum Gasteiger partial charge on any atom is -0.452 e. The Morgan fingerprint density at radius 1 is 1.25 bits per heavy atom.